The van der Waals surface area contributed by atoms with Crippen LogP contribution in [0.15, 0.2) is 0 Å². The number of ether oxygens (including phenoxy) is 1. The molecule has 1 aliphatic heterocycles. The quantitative estimate of drug-likeness (QED) is 0.546. The number of terminal acetylenes is 1. The molecule has 1 atom stereocenters. The largest absolute Gasteiger partial charge is 0.367 e. The lowest BCUT2D eigenvalue weighted by Gasteiger charge is -2.35. The van der Waals surface area contributed by atoms with E-state index in [0.717, 1.165) is 38.6 Å². The van der Waals surface area contributed by atoms with Crippen LogP contribution in [0.3, 0.4) is 0 Å². The lowest BCUT2D eigenvalue weighted by molar-refractivity contribution is -0.136. The number of rotatable bonds is 7. The summed E-state index contributed by atoms with van der Waals surface area (Å²) < 4.78 is 5.38. The van der Waals surface area contributed by atoms with E-state index in [2.05, 4.69) is 5.92 Å². The first kappa shape index (κ1) is 15.0. The van der Waals surface area contributed by atoms with E-state index in [1.54, 1.807) is 0 Å². The molecule has 1 fully saturated rings. The van der Waals surface area contributed by atoms with Crippen molar-refractivity contribution in [2.45, 2.75) is 44.6 Å². The molecule has 1 aliphatic rings. The molecule has 0 aromatic heterocycles. The van der Waals surface area contributed by atoms with E-state index in [9.17, 15) is 4.79 Å². The standard InChI is InChI=1S/C14H24N2O2/c1-2-11-18-12-13-7-4-6-10-16(13)14(17)8-3-5-9-15/h1,13H,3-12,15H2. The maximum atomic E-state index is 12.1. The highest BCUT2D eigenvalue weighted by Crippen LogP contribution is 2.19. The number of unbranched alkanes of at least 4 members (excludes halogenated alkanes) is 1. The summed E-state index contributed by atoms with van der Waals surface area (Å²) in [6.45, 7) is 2.39. The van der Waals surface area contributed by atoms with E-state index >= 15 is 0 Å². The summed E-state index contributed by atoms with van der Waals surface area (Å²) in [4.78, 5) is 14.1. The Bertz CT molecular complexity index is 286. The number of hydrogen-bond acceptors (Lipinski definition) is 3. The van der Waals surface area contributed by atoms with Gasteiger partial charge in [0.25, 0.3) is 0 Å². The number of nitrogens with two attached hydrogens (primary N) is 1. The molecular formula is C14H24N2O2. The van der Waals surface area contributed by atoms with E-state index in [1.807, 2.05) is 4.90 Å². The van der Waals surface area contributed by atoms with Crippen LogP contribution in [0.5, 0.6) is 0 Å². The molecule has 1 unspecified atom stereocenters. The molecule has 102 valence electrons. The van der Waals surface area contributed by atoms with Gasteiger partial charge in [-0.3, -0.25) is 4.79 Å². The second kappa shape index (κ2) is 8.96. The molecule has 0 saturated carbocycles. The number of carbonyl (C=O) groups excluding carboxylic acids is 1. The highest BCUT2D eigenvalue weighted by atomic mass is 16.5. The smallest absolute Gasteiger partial charge is 0.222 e. The zero-order valence-corrected chi connectivity index (χ0v) is 11.1. The van der Waals surface area contributed by atoms with Gasteiger partial charge >= 0.3 is 0 Å². The van der Waals surface area contributed by atoms with E-state index in [-0.39, 0.29) is 11.9 Å². The molecule has 0 radical (unpaired) electrons. The topological polar surface area (TPSA) is 55.6 Å². The van der Waals surface area contributed by atoms with Gasteiger partial charge in [0.1, 0.15) is 6.61 Å². The number of hydrogen-bond donors (Lipinski definition) is 1. The number of likely N-dealkylation sites (tertiary alicyclic amines) is 1. The highest BCUT2D eigenvalue weighted by Gasteiger charge is 2.26. The maximum absolute atomic E-state index is 12.1. The first-order valence-corrected chi connectivity index (χ1v) is 6.80. The summed E-state index contributed by atoms with van der Waals surface area (Å²) in [6, 6.07) is 0.206. The van der Waals surface area contributed by atoms with E-state index in [0.29, 0.717) is 26.2 Å². The molecule has 0 aliphatic carbocycles. The first-order valence-electron chi connectivity index (χ1n) is 6.80. The van der Waals surface area contributed by atoms with Crippen molar-refractivity contribution in [3.05, 3.63) is 0 Å². The van der Waals surface area contributed by atoms with Crippen LogP contribution in [0.25, 0.3) is 0 Å². The van der Waals surface area contributed by atoms with Crippen molar-refractivity contribution in [1.29, 1.82) is 0 Å². The molecule has 18 heavy (non-hydrogen) atoms. The Labute approximate surface area is 110 Å². The average Bonchev–Trinajstić information content (AvgIpc) is 2.40. The Hall–Kier alpha value is -1.05. The van der Waals surface area contributed by atoms with Gasteiger partial charge in [-0.05, 0) is 38.6 Å². The predicted octanol–water partition coefficient (Wildman–Crippen LogP) is 1.15. The van der Waals surface area contributed by atoms with Crippen molar-refractivity contribution in [1.82, 2.24) is 4.90 Å². The zero-order valence-electron chi connectivity index (χ0n) is 11.1. The first-order chi connectivity index (χ1) is 8.79. The van der Waals surface area contributed by atoms with Gasteiger partial charge in [0, 0.05) is 13.0 Å². The fourth-order valence-corrected chi connectivity index (χ4v) is 2.32. The number of piperidine rings is 1. The van der Waals surface area contributed by atoms with Crippen molar-refractivity contribution in [3.8, 4) is 12.3 Å². The summed E-state index contributed by atoms with van der Waals surface area (Å²) in [5.74, 6) is 2.69. The predicted molar refractivity (Wildman–Crippen MR) is 71.9 cm³/mol. The van der Waals surface area contributed by atoms with Gasteiger partial charge in [-0.15, -0.1) is 6.42 Å². The molecule has 0 aromatic rings. The molecule has 0 spiro atoms. The van der Waals surface area contributed by atoms with Gasteiger partial charge in [0.2, 0.25) is 5.91 Å². The molecule has 2 N–H and O–H groups in total. The van der Waals surface area contributed by atoms with Crippen LogP contribution in [-0.4, -0.2) is 43.2 Å². The lowest BCUT2D eigenvalue weighted by atomic mass is 10.0. The molecule has 1 rings (SSSR count). The molecule has 0 aromatic carbocycles. The van der Waals surface area contributed by atoms with Crippen molar-refractivity contribution in [2.24, 2.45) is 5.73 Å². The third kappa shape index (κ3) is 5.07. The van der Waals surface area contributed by atoms with Gasteiger partial charge < -0.3 is 15.4 Å². The zero-order chi connectivity index (χ0) is 13.2. The molecule has 1 heterocycles. The SMILES string of the molecule is C#CCOCC1CCCCN1C(=O)CCCCN. The van der Waals surface area contributed by atoms with Crippen LogP contribution in [0.1, 0.15) is 38.5 Å². The van der Waals surface area contributed by atoms with Crippen molar-refractivity contribution in [2.75, 3.05) is 26.3 Å². The van der Waals surface area contributed by atoms with Gasteiger partial charge in [-0.1, -0.05) is 5.92 Å². The Balaban J connectivity index is 2.38. The summed E-state index contributed by atoms with van der Waals surface area (Å²) in [5.41, 5.74) is 5.44. The Morgan fingerprint density at radius 2 is 2.28 bits per heavy atom. The van der Waals surface area contributed by atoms with Crippen LogP contribution < -0.4 is 5.73 Å². The molecular weight excluding hydrogens is 228 g/mol. The van der Waals surface area contributed by atoms with Crippen LogP contribution in [0.2, 0.25) is 0 Å². The average molecular weight is 252 g/mol. The van der Waals surface area contributed by atoms with E-state index in [4.69, 9.17) is 16.9 Å². The molecule has 4 nitrogen and oxygen atoms in total. The van der Waals surface area contributed by atoms with Crippen molar-refractivity contribution in [3.63, 3.8) is 0 Å². The molecule has 4 heteroatoms. The monoisotopic (exact) mass is 252 g/mol. The summed E-state index contributed by atoms with van der Waals surface area (Å²) >= 11 is 0. The van der Waals surface area contributed by atoms with Crippen LogP contribution in [-0.2, 0) is 9.53 Å². The molecule has 0 bridgehead atoms. The Kier molecular flexibility index (Phi) is 7.47. The molecule has 1 amide bonds. The summed E-state index contributed by atoms with van der Waals surface area (Å²) in [5, 5.41) is 0. The molecule has 1 saturated heterocycles. The minimum absolute atomic E-state index is 0.206. The van der Waals surface area contributed by atoms with Crippen molar-refractivity contribution < 1.29 is 9.53 Å². The van der Waals surface area contributed by atoms with Gasteiger partial charge in [0.15, 0.2) is 0 Å². The third-order valence-electron chi connectivity index (χ3n) is 3.29. The summed E-state index contributed by atoms with van der Waals surface area (Å²) in [7, 11) is 0. The van der Waals surface area contributed by atoms with Gasteiger partial charge in [0.05, 0.1) is 12.6 Å². The Morgan fingerprint density at radius 1 is 1.44 bits per heavy atom. The second-order valence-electron chi connectivity index (χ2n) is 4.70. The minimum Gasteiger partial charge on any atom is -0.367 e. The number of carbonyl (C=O) groups is 1. The highest BCUT2D eigenvalue weighted by molar-refractivity contribution is 5.76. The lowest BCUT2D eigenvalue weighted by Crippen LogP contribution is -2.46. The second-order valence-corrected chi connectivity index (χ2v) is 4.70. The maximum Gasteiger partial charge on any atom is 0.222 e. The Morgan fingerprint density at radius 3 is 3.00 bits per heavy atom. The third-order valence-corrected chi connectivity index (χ3v) is 3.29. The number of amides is 1. The summed E-state index contributed by atoms with van der Waals surface area (Å²) in [6.07, 6.45) is 10.8. The van der Waals surface area contributed by atoms with E-state index in [1.165, 1.54) is 0 Å². The van der Waals surface area contributed by atoms with Crippen LogP contribution >= 0.6 is 0 Å². The van der Waals surface area contributed by atoms with Gasteiger partial charge in [-0.2, -0.15) is 0 Å². The fraction of sp³-hybridized carbons (Fsp3) is 0.786. The van der Waals surface area contributed by atoms with Crippen molar-refractivity contribution >= 4 is 5.91 Å². The number of nitrogens with zero attached hydrogens (tertiary/aromatic N) is 1. The van der Waals surface area contributed by atoms with Gasteiger partial charge in [-0.25, -0.2) is 0 Å². The van der Waals surface area contributed by atoms with E-state index < -0.39 is 0 Å². The van der Waals surface area contributed by atoms with Crippen LogP contribution in [0.4, 0.5) is 0 Å². The van der Waals surface area contributed by atoms with Crippen LogP contribution in [0, 0.1) is 12.3 Å². The normalized spacial score (nSPS) is 19.6. The minimum atomic E-state index is 0.206. The fourth-order valence-electron chi connectivity index (χ4n) is 2.32.